The zero-order valence-corrected chi connectivity index (χ0v) is 20.4. The van der Waals surface area contributed by atoms with Crippen molar-refractivity contribution in [2.75, 3.05) is 25.0 Å². The lowest BCUT2D eigenvalue weighted by molar-refractivity contribution is -0.140. The number of hydrogen-bond donors (Lipinski definition) is 1. The van der Waals surface area contributed by atoms with E-state index in [-0.39, 0.29) is 23.7 Å². The molecule has 2 aromatic carbocycles. The van der Waals surface area contributed by atoms with Crippen LogP contribution in [0.4, 0.5) is 10.1 Å². The maximum absolute atomic E-state index is 14.8. The second kappa shape index (κ2) is 11.1. The Hall–Kier alpha value is -2.73. The number of rotatable bonds is 7. The van der Waals surface area contributed by atoms with Crippen LogP contribution in [0.15, 0.2) is 42.5 Å². The number of aryl methyl sites for hydroxylation is 1. The Morgan fingerprint density at radius 1 is 1.06 bits per heavy atom. The first kappa shape index (κ1) is 24.4. The number of carbonyl (C=O) groups excluding carboxylic acids is 2. The normalized spacial score (nSPS) is 19.4. The first-order valence-corrected chi connectivity index (χ1v) is 12.6. The predicted molar refractivity (Wildman–Crippen MR) is 133 cm³/mol. The van der Waals surface area contributed by atoms with E-state index in [1.54, 1.807) is 6.07 Å². The third-order valence-corrected chi connectivity index (χ3v) is 7.38. The average molecular weight is 466 g/mol. The van der Waals surface area contributed by atoms with E-state index < -0.39 is 0 Å². The summed E-state index contributed by atoms with van der Waals surface area (Å²) in [6.07, 6.45) is 5.39. The highest BCUT2D eigenvalue weighted by atomic mass is 19.1. The van der Waals surface area contributed by atoms with Gasteiger partial charge in [-0.15, -0.1) is 0 Å². The number of hydrogen-bond acceptors (Lipinski definition) is 3. The van der Waals surface area contributed by atoms with Crippen LogP contribution >= 0.6 is 0 Å². The van der Waals surface area contributed by atoms with Gasteiger partial charge in [-0.05, 0) is 56.4 Å². The number of piperazine rings is 1. The van der Waals surface area contributed by atoms with Crippen LogP contribution in [0.3, 0.4) is 0 Å². The van der Waals surface area contributed by atoms with E-state index in [9.17, 15) is 14.0 Å². The molecule has 2 aliphatic rings. The number of amides is 2. The Morgan fingerprint density at radius 2 is 1.79 bits per heavy atom. The molecule has 0 spiro atoms. The molecule has 1 saturated carbocycles. The molecule has 1 aliphatic heterocycles. The van der Waals surface area contributed by atoms with Crippen molar-refractivity contribution in [3.63, 3.8) is 0 Å². The van der Waals surface area contributed by atoms with Crippen LogP contribution < -0.4 is 5.32 Å². The van der Waals surface area contributed by atoms with E-state index in [2.05, 4.69) is 17.1 Å². The van der Waals surface area contributed by atoms with Crippen molar-refractivity contribution in [1.82, 2.24) is 9.80 Å². The molecule has 2 aromatic rings. The van der Waals surface area contributed by atoms with Crippen molar-refractivity contribution in [3.8, 4) is 0 Å². The average Bonchev–Trinajstić information content (AvgIpc) is 3.38. The predicted octanol–water partition coefficient (Wildman–Crippen LogP) is 4.93. The lowest BCUT2D eigenvalue weighted by Crippen LogP contribution is -2.54. The van der Waals surface area contributed by atoms with Gasteiger partial charge >= 0.3 is 0 Å². The van der Waals surface area contributed by atoms with Gasteiger partial charge in [-0.3, -0.25) is 14.5 Å². The van der Waals surface area contributed by atoms with Crippen LogP contribution in [-0.4, -0.2) is 47.3 Å². The fraction of sp³-hybridized carbons (Fsp3) is 0.500. The number of nitrogens with zero attached hydrogens (tertiary/aromatic N) is 2. The second-order valence-electron chi connectivity index (χ2n) is 9.83. The van der Waals surface area contributed by atoms with Crippen molar-refractivity contribution in [2.24, 2.45) is 5.92 Å². The zero-order valence-electron chi connectivity index (χ0n) is 20.4. The van der Waals surface area contributed by atoms with Crippen molar-refractivity contribution >= 4 is 17.5 Å². The highest BCUT2D eigenvalue weighted by Crippen LogP contribution is 2.29. The van der Waals surface area contributed by atoms with E-state index in [1.165, 1.54) is 6.07 Å². The molecular formula is C28H36FN3O2. The molecule has 34 heavy (non-hydrogen) atoms. The van der Waals surface area contributed by atoms with Crippen molar-refractivity contribution in [3.05, 3.63) is 65.0 Å². The quantitative estimate of drug-likeness (QED) is 0.631. The molecule has 2 amide bonds. The first-order chi connectivity index (χ1) is 16.4. The summed E-state index contributed by atoms with van der Waals surface area (Å²) in [5, 5.41) is 2.97. The summed E-state index contributed by atoms with van der Waals surface area (Å²) in [4.78, 5) is 29.7. The molecule has 182 valence electrons. The minimum absolute atomic E-state index is 0.0721. The maximum Gasteiger partial charge on any atom is 0.226 e. The van der Waals surface area contributed by atoms with Gasteiger partial charge in [0, 0.05) is 55.8 Å². The van der Waals surface area contributed by atoms with Crippen LogP contribution in [0.2, 0.25) is 0 Å². The minimum Gasteiger partial charge on any atom is -0.337 e. The number of carbonyl (C=O) groups is 2. The van der Waals surface area contributed by atoms with Gasteiger partial charge in [0.1, 0.15) is 5.82 Å². The minimum atomic E-state index is -0.253. The molecule has 1 N–H and O–H groups in total. The molecule has 2 fully saturated rings. The van der Waals surface area contributed by atoms with Gasteiger partial charge < -0.3 is 10.2 Å². The van der Waals surface area contributed by atoms with Gasteiger partial charge in [0.05, 0.1) is 0 Å². The maximum atomic E-state index is 14.8. The monoisotopic (exact) mass is 465 g/mol. The van der Waals surface area contributed by atoms with Crippen LogP contribution in [0.25, 0.3) is 0 Å². The van der Waals surface area contributed by atoms with E-state index >= 15 is 0 Å². The molecule has 0 bridgehead atoms. The molecule has 1 saturated heterocycles. The van der Waals surface area contributed by atoms with E-state index in [0.717, 1.165) is 49.9 Å². The molecule has 0 unspecified atom stereocenters. The molecule has 1 aliphatic carbocycles. The van der Waals surface area contributed by atoms with Crippen LogP contribution in [-0.2, 0) is 22.6 Å². The molecule has 1 heterocycles. The van der Waals surface area contributed by atoms with Gasteiger partial charge in [0.2, 0.25) is 11.8 Å². The van der Waals surface area contributed by atoms with Gasteiger partial charge in [0.25, 0.3) is 0 Å². The van der Waals surface area contributed by atoms with Crippen LogP contribution in [0.5, 0.6) is 0 Å². The summed E-state index contributed by atoms with van der Waals surface area (Å²) in [6.45, 7) is 6.58. The third kappa shape index (κ3) is 5.84. The number of halogens is 1. The summed E-state index contributed by atoms with van der Waals surface area (Å²) in [5.74, 6) is 0.164. The van der Waals surface area contributed by atoms with Crippen molar-refractivity contribution in [1.29, 1.82) is 0 Å². The molecular weight excluding hydrogens is 429 g/mol. The third-order valence-electron chi connectivity index (χ3n) is 7.38. The summed E-state index contributed by atoms with van der Waals surface area (Å²) < 4.78 is 14.8. The van der Waals surface area contributed by atoms with Gasteiger partial charge in [-0.2, -0.15) is 0 Å². The SMILES string of the molecule is Cc1c(NC(=O)CCc2ccccc2)ccc(F)c1CN1CCN(C(=O)C2CCCC2)[C@@H](C)C1. The first-order valence-electron chi connectivity index (χ1n) is 12.6. The number of nitrogens with one attached hydrogen (secondary N) is 1. The lowest BCUT2D eigenvalue weighted by atomic mass is 10.0. The van der Waals surface area contributed by atoms with E-state index in [4.69, 9.17) is 0 Å². The number of anilines is 1. The standard InChI is InChI=1S/C28H36FN3O2/c1-20-18-31(16-17-32(20)28(34)23-10-6-7-11-23)19-24-21(2)26(14-13-25(24)29)30-27(33)15-12-22-8-4-3-5-9-22/h3-5,8-9,13-14,20,23H,6-7,10-12,15-19H2,1-2H3,(H,30,33)/t20-/m0/s1. The highest BCUT2D eigenvalue weighted by Gasteiger charge is 2.33. The Morgan fingerprint density at radius 3 is 2.50 bits per heavy atom. The summed E-state index contributed by atoms with van der Waals surface area (Å²) in [5.41, 5.74) is 3.17. The van der Waals surface area contributed by atoms with E-state index in [0.29, 0.717) is 43.1 Å². The Balaban J connectivity index is 1.35. The molecule has 4 rings (SSSR count). The van der Waals surface area contributed by atoms with Gasteiger partial charge in [-0.25, -0.2) is 4.39 Å². The van der Waals surface area contributed by atoms with Gasteiger partial charge in [0.15, 0.2) is 0 Å². The smallest absolute Gasteiger partial charge is 0.226 e. The van der Waals surface area contributed by atoms with Crippen LogP contribution in [0.1, 0.15) is 55.7 Å². The molecule has 0 aromatic heterocycles. The Labute approximate surface area is 202 Å². The topological polar surface area (TPSA) is 52.7 Å². The van der Waals surface area contributed by atoms with Gasteiger partial charge in [-0.1, -0.05) is 43.2 Å². The highest BCUT2D eigenvalue weighted by molar-refractivity contribution is 5.91. The zero-order chi connectivity index (χ0) is 24.1. The summed E-state index contributed by atoms with van der Waals surface area (Å²) in [7, 11) is 0. The molecule has 1 atom stereocenters. The molecule has 6 heteroatoms. The Bertz CT molecular complexity index is 1000. The lowest BCUT2D eigenvalue weighted by Gasteiger charge is -2.41. The van der Waals surface area contributed by atoms with Crippen LogP contribution in [0, 0.1) is 18.7 Å². The second-order valence-corrected chi connectivity index (χ2v) is 9.83. The van der Waals surface area contributed by atoms with Crippen molar-refractivity contribution < 1.29 is 14.0 Å². The summed E-state index contributed by atoms with van der Waals surface area (Å²) >= 11 is 0. The fourth-order valence-electron chi connectivity index (χ4n) is 5.30. The largest absolute Gasteiger partial charge is 0.337 e. The molecule has 5 nitrogen and oxygen atoms in total. The Kier molecular flexibility index (Phi) is 7.99. The fourth-order valence-corrected chi connectivity index (χ4v) is 5.30. The summed E-state index contributed by atoms with van der Waals surface area (Å²) in [6, 6.07) is 13.1. The van der Waals surface area contributed by atoms with Crippen molar-refractivity contribution in [2.45, 2.75) is 65.0 Å². The molecule has 0 radical (unpaired) electrons. The van der Waals surface area contributed by atoms with E-state index in [1.807, 2.05) is 42.2 Å². The number of benzene rings is 2.